The molecule has 2 rings (SSSR count). The van der Waals surface area contributed by atoms with E-state index in [4.69, 9.17) is 9.47 Å². The predicted octanol–water partition coefficient (Wildman–Crippen LogP) is 1.51. The SMILES string of the molecule is COC(=O)C1CCN(C[C@H](O)COc2ccc(C(C)=O)cc2)CC1. The van der Waals surface area contributed by atoms with Crippen molar-refractivity contribution in [3.63, 3.8) is 0 Å². The van der Waals surface area contributed by atoms with Gasteiger partial charge >= 0.3 is 5.97 Å². The third-order valence-electron chi connectivity index (χ3n) is 4.29. The van der Waals surface area contributed by atoms with Gasteiger partial charge < -0.3 is 19.5 Å². The summed E-state index contributed by atoms with van der Waals surface area (Å²) in [5.74, 6) is 0.465. The van der Waals surface area contributed by atoms with Crippen LogP contribution >= 0.6 is 0 Å². The Hall–Kier alpha value is -1.92. The molecule has 1 atom stereocenters. The Bertz CT molecular complexity index is 549. The van der Waals surface area contributed by atoms with Crippen molar-refractivity contribution in [3.05, 3.63) is 29.8 Å². The number of nitrogens with zero attached hydrogens (tertiary/aromatic N) is 1. The lowest BCUT2D eigenvalue weighted by Gasteiger charge is -2.31. The molecule has 0 spiro atoms. The van der Waals surface area contributed by atoms with Crippen LogP contribution in [0.25, 0.3) is 0 Å². The zero-order valence-electron chi connectivity index (χ0n) is 14.2. The van der Waals surface area contributed by atoms with E-state index in [0.717, 1.165) is 25.9 Å². The van der Waals surface area contributed by atoms with Gasteiger partial charge in [-0.15, -0.1) is 0 Å². The lowest BCUT2D eigenvalue weighted by atomic mass is 9.97. The molecule has 0 unspecified atom stereocenters. The molecule has 0 bridgehead atoms. The molecule has 0 aromatic heterocycles. The Morgan fingerprint density at radius 2 is 1.88 bits per heavy atom. The molecule has 1 aliphatic heterocycles. The van der Waals surface area contributed by atoms with Gasteiger partial charge in [0.1, 0.15) is 18.5 Å². The number of ether oxygens (including phenoxy) is 2. The number of aliphatic hydroxyl groups is 1. The van der Waals surface area contributed by atoms with Gasteiger partial charge in [0.25, 0.3) is 0 Å². The van der Waals surface area contributed by atoms with E-state index in [1.54, 1.807) is 24.3 Å². The van der Waals surface area contributed by atoms with Crippen molar-refractivity contribution in [2.24, 2.45) is 5.92 Å². The fourth-order valence-electron chi connectivity index (χ4n) is 2.85. The number of hydrogen-bond acceptors (Lipinski definition) is 6. The molecule has 1 aromatic carbocycles. The maximum atomic E-state index is 11.5. The number of β-amino-alcohol motifs (C(OH)–C–C–N with tert-alkyl or cyclic N) is 1. The van der Waals surface area contributed by atoms with Crippen LogP contribution in [-0.2, 0) is 9.53 Å². The molecule has 1 saturated heterocycles. The first-order valence-electron chi connectivity index (χ1n) is 8.21. The first-order chi connectivity index (χ1) is 11.5. The van der Waals surface area contributed by atoms with Gasteiger partial charge in [-0.25, -0.2) is 0 Å². The highest BCUT2D eigenvalue weighted by Crippen LogP contribution is 2.19. The maximum Gasteiger partial charge on any atom is 0.308 e. The number of carbonyl (C=O) groups excluding carboxylic acids is 2. The average Bonchev–Trinajstić information content (AvgIpc) is 2.60. The van der Waals surface area contributed by atoms with Crippen molar-refractivity contribution in [1.82, 2.24) is 4.90 Å². The summed E-state index contributed by atoms with van der Waals surface area (Å²) < 4.78 is 10.3. The van der Waals surface area contributed by atoms with Crippen LogP contribution < -0.4 is 4.74 Å². The molecule has 1 aliphatic rings. The van der Waals surface area contributed by atoms with E-state index in [9.17, 15) is 14.7 Å². The topological polar surface area (TPSA) is 76.1 Å². The molecule has 1 aromatic rings. The highest BCUT2D eigenvalue weighted by molar-refractivity contribution is 5.94. The van der Waals surface area contributed by atoms with Gasteiger partial charge in [-0.3, -0.25) is 9.59 Å². The summed E-state index contributed by atoms with van der Waals surface area (Å²) in [4.78, 5) is 24.8. The molecule has 1 fully saturated rings. The Morgan fingerprint density at radius 3 is 2.42 bits per heavy atom. The number of likely N-dealkylation sites (tertiary alicyclic amines) is 1. The van der Waals surface area contributed by atoms with Crippen molar-refractivity contribution >= 4 is 11.8 Å². The van der Waals surface area contributed by atoms with Crippen LogP contribution in [0.1, 0.15) is 30.1 Å². The molecule has 0 radical (unpaired) electrons. The molecule has 0 amide bonds. The van der Waals surface area contributed by atoms with Gasteiger partial charge in [-0.1, -0.05) is 0 Å². The van der Waals surface area contributed by atoms with Crippen LogP contribution in [0.2, 0.25) is 0 Å². The molecule has 6 nitrogen and oxygen atoms in total. The van der Waals surface area contributed by atoms with Crippen molar-refractivity contribution in [1.29, 1.82) is 0 Å². The molecule has 6 heteroatoms. The normalized spacial score (nSPS) is 17.3. The van der Waals surface area contributed by atoms with E-state index in [-0.39, 0.29) is 24.3 Å². The number of hydrogen-bond donors (Lipinski definition) is 1. The molecule has 1 heterocycles. The van der Waals surface area contributed by atoms with E-state index in [1.807, 2.05) is 0 Å². The van der Waals surface area contributed by atoms with Gasteiger partial charge in [-0.05, 0) is 57.1 Å². The molecule has 0 saturated carbocycles. The van der Waals surface area contributed by atoms with Crippen LogP contribution in [0.5, 0.6) is 5.75 Å². The van der Waals surface area contributed by atoms with Gasteiger partial charge in [0, 0.05) is 12.1 Å². The van der Waals surface area contributed by atoms with E-state index >= 15 is 0 Å². The van der Waals surface area contributed by atoms with Gasteiger partial charge in [0.2, 0.25) is 0 Å². The number of esters is 1. The molecule has 24 heavy (non-hydrogen) atoms. The number of ketones is 1. The first-order valence-corrected chi connectivity index (χ1v) is 8.21. The van der Waals surface area contributed by atoms with Gasteiger partial charge in [0.15, 0.2) is 5.78 Å². The van der Waals surface area contributed by atoms with Gasteiger partial charge in [0.05, 0.1) is 13.0 Å². The first kappa shape index (κ1) is 18.4. The highest BCUT2D eigenvalue weighted by Gasteiger charge is 2.26. The number of carbonyl (C=O) groups is 2. The number of piperidine rings is 1. The lowest BCUT2D eigenvalue weighted by molar-refractivity contribution is -0.147. The number of Topliss-reactive ketones (excluding diaryl/α,β-unsaturated/α-hetero) is 1. The quantitative estimate of drug-likeness (QED) is 0.601. The van der Waals surface area contributed by atoms with Crippen LogP contribution in [0.4, 0.5) is 0 Å². The van der Waals surface area contributed by atoms with Crippen LogP contribution in [-0.4, -0.2) is 61.2 Å². The summed E-state index contributed by atoms with van der Waals surface area (Å²) in [6, 6.07) is 6.87. The Balaban J connectivity index is 1.71. The molecule has 0 aliphatic carbocycles. The predicted molar refractivity (Wildman–Crippen MR) is 89.1 cm³/mol. The second-order valence-corrected chi connectivity index (χ2v) is 6.14. The highest BCUT2D eigenvalue weighted by atomic mass is 16.5. The van der Waals surface area contributed by atoms with Crippen LogP contribution in [0.3, 0.4) is 0 Å². The van der Waals surface area contributed by atoms with Crippen molar-refractivity contribution in [2.75, 3.05) is 33.4 Å². The second-order valence-electron chi connectivity index (χ2n) is 6.14. The monoisotopic (exact) mass is 335 g/mol. The minimum Gasteiger partial charge on any atom is -0.491 e. The fraction of sp³-hybridized carbons (Fsp3) is 0.556. The number of benzene rings is 1. The number of rotatable bonds is 7. The lowest BCUT2D eigenvalue weighted by Crippen LogP contribution is -2.42. The van der Waals surface area contributed by atoms with E-state index in [0.29, 0.717) is 17.9 Å². The third kappa shape index (κ3) is 5.32. The number of methoxy groups -OCH3 is 1. The zero-order chi connectivity index (χ0) is 17.5. The van der Waals surface area contributed by atoms with E-state index < -0.39 is 6.10 Å². The summed E-state index contributed by atoms with van der Waals surface area (Å²) in [6.07, 6.45) is 0.909. The van der Waals surface area contributed by atoms with E-state index in [2.05, 4.69) is 4.90 Å². The molecular weight excluding hydrogens is 310 g/mol. The standard InChI is InChI=1S/C18H25NO5/c1-13(20)14-3-5-17(6-4-14)24-12-16(21)11-19-9-7-15(8-10-19)18(22)23-2/h3-6,15-16,21H,7-12H2,1-2H3/t16-/m0/s1. The summed E-state index contributed by atoms with van der Waals surface area (Å²) in [6.45, 7) is 3.76. The fourth-order valence-corrected chi connectivity index (χ4v) is 2.85. The number of aliphatic hydroxyl groups excluding tert-OH is 1. The minimum absolute atomic E-state index is 0.0111. The summed E-state index contributed by atoms with van der Waals surface area (Å²) in [5.41, 5.74) is 0.636. The smallest absolute Gasteiger partial charge is 0.308 e. The van der Waals surface area contributed by atoms with Crippen molar-refractivity contribution in [3.8, 4) is 5.75 Å². The van der Waals surface area contributed by atoms with E-state index in [1.165, 1.54) is 14.0 Å². The van der Waals surface area contributed by atoms with Crippen LogP contribution in [0.15, 0.2) is 24.3 Å². The minimum atomic E-state index is -0.604. The summed E-state index contributed by atoms with van der Waals surface area (Å²) >= 11 is 0. The Morgan fingerprint density at radius 1 is 1.25 bits per heavy atom. The molecule has 1 N–H and O–H groups in total. The maximum absolute atomic E-state index is 11.5. The largest absolute Gasteiger partial charge is 0.491 e. The van der Waals surface area contributed by atoms with Crippen molar-refractivity contribution < 1.29 is 24.2 Å². The average molecular weight is 335 g/mol. The molecular formula is C18H25NO5. The summed E-state index contributed by atoms with van der Waals surface area (Å²) in [5, 5.41) is 10.1. The Labute approximate surface area is 142 Å². The summed E-state index contributed by atoms with van der Waals surface area (Å²) in [7, 11) is 1.42. The zero-order valence-corrected chi connectivity index (χ0v) is 14.2. The second kappa shape index (κ2) is 8.80. The van der Waals surface area contributed by atoms with Gasteiger partial charge in [-0.2, -0.15) is 0 Å². The Kier molecular flexibility index (Phi) is 6.75. The third-order valence-corrected chi connectivity index (χ3v) is 4.29. The molecule has 132 valence electrons. The van der Waals surface area contributed by atoms with Crippen LogP contribution in [0, 0.1) is 5.92 Å². The van der Waals surface area contributed by atoms with Crippen molar-refractivity contribution in [2.45, 2.75) is 25.9 Å².